The number of rotatable bonds is 7. The van der Waals surface area contributed by atoms with E-state index in [4.69, 9.17) is 27.9 Å². The van der Waals surface area contributed by atoms with E-state index in [2.05, 4.69) is 5.43 Å². The van der Waals surface area contributed by atoms with E-state index in [0.29, 0.717) is 32.7 Å². The van der Waals surface area contributed by atoms with E-state index in [1.165, 1.54) is 12.1 Å². The van der Waals surface area contributed by atoms with E-state index >= 15 is 0 Å². The van der Waals surface area contributed by atoms with Crippen LogP contribution in [-0.4, -0.2) is 70.9 Å². The molecular formula is C24H21Cl2F2N5O4. The van der Waals surface area contributed by atoms with Crippen molar-refractivity contribution in [2.45, 2.75) is 6.10 Å². The van der Waals surface area contributed by atoms with Gasteiger partial charge in [-0.25, -0.2) is 13.8 Å². The fourth-order valence-corrected chi connectivity index (χ4v) is 4.20. The average Bonchev–Trinajstić information content (AvgIpc) is 2.87. The maximum atomic E-state index is 13.9. The topological polar surface area (TPSA) is 111 Å². The zero-order valence-corrected chi connectivity index (χ0v) is 20.8. The Kier molecular flexibility index (Phi) is 8.26. The minimum absolute atomic E-state index is 0.0204. The fourth-order valence-electron chi connectivity index (χ4n) is 3.92. The van der Waals surface area contributed by atoms with Crippen LogP contribution in [0.2, 0.25) is 10.0 Å². The first kappa shape index (κ1) is 26.8. The molecule has 13 heteroatoms. The predicted molar refractivity (Wildman–Crippen MR) is 133 cm³/mol. The molecule has 3 aromatic rings. The molecule has 0 aliphatic carbocycles. The van der Waals surface area contributed by atoms with E-state index in [1.54, 1.807) is 5.01 Å². The second kappa shape index (κ2) is 11.4. The Morgan fingerprint density at radius 2 is 1.84 bits per heavy atom. The summed E-state index contributed by atoms with van der Waals surface area (Å²) in [6.07, 6.45) is 2.08. The highest BCUT2D eigenvalue weighted by molar-refractivity contribution is 6.31. The molecule has 0 saturated carbocycles. The summed E-state index contributed by atoms with van der Waals surface area (Å²) in [5.74, 6) is -1.93. The number of nitrogens with one attached hydrogen (secondary N) is 1. The molecule has 1 aliphatic heterocycles. The molecule has 194 valence electrons. The van der Waals surface area contributed by atoms with Crippen LogP contribution in [0.4, 0.5) is 8.78 Å². The van der Waals surface area contributed by atoms with Gasteiger partial charge in [0.15, 0.2) is 6.19 Å². The van der Waals surface area contributed by atoms with Crippen molar-refractivity contribution < 1.29 is 23.4 Å². The Labute approximate surface area is 219 Å². The van der Waals surface area contributed by atoms with Gasteiger partial charge in [0.05, 0.1) is 20.9 Å². The number of hydrazine groups is 1. The molecule has 2 heterocycles. The summed E-state index contributed by atoms with van der Waals surface area (Å²) in [6.45, 7) is 2.03. The van der Waals surface area contributed by atoms with Gasteiger partial charge in [0.25, 0.3) is 5.91 Å². The monoisotopic (exact) mass is 551 g/mol. The van der Waals surface area contributed by atoms with Gasteiger partial charge in [-0.05, 0) is 24.3 Å². The van der Waals surface area contributed by atoms with E-state index in [9.17, 15) is 28.7 Å². The summed E-state index contributed by atoms with van der Waals surface area (Å²) in [7, 11) is 0. The summed E-state index contributed by atoms with van der Waals surface area (Å²) in [5.41, 5.74) is 1.69. The van der Waals surface area contributed by atoms with Crippen LogP contribution < -0.4 is 15.6 Å². The number of piperazine rings is 1. The van der Waals surface area contributed by atoms with Gasteiger partial charge in [-0.15, -0.1) is 0 Å². The Morgan fingerprint density at radius 3 is 2.51 bits per heavy atom. The lowest BCUT2D eigenvalue weighted by Crippen LogP contribution is -2.55. The number of hydrogen-bond acceptors (Lipinski definition) is 7. The van der Waals surface area contributed by atoms with Crippen molar-refractivity contribution >= 4 is 40.0 Å². The van der Waals surface area contributed by atoms with Gasteiger partial charge in [-0.3, -0.25) is 24.5 Å². The molecule has 1 saturated heterocycles. The average molecular weight is 552 g/mol. The van der Waals surface area contributed by atoms with Crippen LogP contribution in [-0.2, 0) is 0 Å². The largest absolute Gasteiger partial charge is 0.491 e. The molecule has 0 spiro atoms. The Balaban J connectivity index is 1.32. The summed E-state index contributed by atoms with van der Waals surface area (Å²) < 4.78 is 33.8. The van der Waals surface area contributed by atoms with Crippen LogP contribution in [0.3, 0.4) is 0 Å². The first-order chi connectivity index (χ1) is 17.7. The van der Waals surface area contributed by atoms with Crippen molar-refractivity contribution in [2.24, 2.45) is 0 Å². The fraction of sp³-hybridized carbons (Fsp3) is 0.292. The number of aliphatic hydroxyl groups is 1. The number of fused-ring (bicyclic) bond motifs is 1. The van der Waals surface area contributed by atoms with E-state index in [0.717, 1.165) is 29.0 Å². The van der Waals surface area contributed by atoms with Gasteiger partial charge in [0, 0.05) is 45.0 Å². The molecule has 1 amide bonds. The zero-order valence-electron chi connectivity index (χ0n) is 19.3. The predicted octanol–water partition coefficient (Wildman–Crippen LogP) is 2.62. The smallest absolute Gasteiger partial charge is 0.271 e. The number of nitrogens with zero attached hydrogens (tertiary/aromatic N) is 4. The number of halogens is 4. The van der Waals surface area contributed by atoms with Crippen LogP contribution in [0.25, 0.3) is 10.9 Å². The summed E-state index contributed by atoms with van der Waals surface area (Å²) >= 11 is 11.4. The molecule has 0 bridgehead atoms. The maximum Gasteiger partial charge on any atom is 0.271 e. The minimum Gasteiger partial charge on any atom is -0.491 e. The summed E-state index contributed by atoms with van der Waals surface area (Å²) in [6, 6.07) is 6.08. The second-order valence-corrected chi connectivity index (χ2v) is 9.21. The lowest BCUT2D eigenvalue weighted by molar-refractivity contribution is 0.0316. The first-order valence-electron chi connectivity index (χ1n) is 11.1. The number of β-amino-alcohol motifs (C(OH)–C–C–N with tert-alkyl or cyclic N) is 1. The molecule has 1 atom stereocenters. The molecule has 1 aliphatic rings. The number of aliphatic hydroxyl groups excluding tert-OH is 1. The van der Waals surface area contributed by atoms with Gasteiger partial charge < -0.3 is 9.84 Å². The number of hydrogen-bond donors (Lipinski definition) is 2. The lowest BCUT2D eigenvalue weighted by atomic mass is 10.1. The number of amides is 1. The van der Waals surface area contributed by atoms with Crippen LogP contribution in [0.15, 0.2) is 41.3 Å². The standard InChI is InChI=1S/C24H21Cl2F2N5O4/c25-18-2-1-15(7-20(18)27)37-12-14(34)10-31-3-5-33(6-4-31)30-24(36)17-11-32(13-29)22-9-19(26)21(28)8-16(22)23(17)35/h1-2,7-9,11,14,34H,3-6,10,12H2,(H,30,36)/t14-/m0/s1. The molecule has 37 heavy (non-hydrogen) atoms. The molecule has 1 fully saturated rings. The SMILES string of the molecule is N#Cn1cc(C(=O)NN2CCN(C[C@H](O)COc3ccc(Cl)c(F)c3)CC2)c(=O)c2cc(F)c(Cl)cc21. The molecule has 1 aromatic heterocycles. The molecule has 0 radical (unpaired) electrons. The third kappa shape index (κ3) is 6.18. The third-order valence-electron chi connectivity index (χ3n) is 5.83. The van der Waals surface area contributed by atoms with Crippen molar-refractivity contribution in [1.29, 1.82) is 5.26 Å². The van der Waals surface area contributed by atoms with Crippen LogP contribution in [0.5, 0.6) is 5.75 Å². The number of ether oxygens (including phenoxy) is 1. The van der Waals surface area contributed by atoms with Gasteiger partial charge in [0.2, 0.25) is 5.43 Å². The molecular weight excluding hydrogens is 531 g/mol. The molecule has 2 N–H and O–H groups in total. The molecule has 2 aromatic carbocycles. The number of aromatic nitrogens is 1. The van der Waals surface area contributed by atoms with Crippen LogP contribution in [0.1, 0.15) is 10.4 Å². The second-order valence-electron chi connectivity index (χ2n) is 8.39. The van der Waals surface area contributed by atoms with Crippen molar-refractivity contribution in [1.82, 2.24) is 19.9 Å². The van der Waals surface area contributed by atoms with Gasteiger partial charge in [-0.1, -0.05) is 23.2 Å². The lowest BCUT2D eigenvalue weighted by Gasteiger charge is -2.35. The zero-order chi connectivity index (χ0) is 26.7. The number of nitriles is 1. The van der Waals surface area contributed by atoms with Gasteiger partial charge >= 0.3 is 0 Å². The number of carbonyl (C=O) groups excluding carboxylic acids is 1. The third-order valence-corrected chi connectivity index (χ3v) is 6.43. The van der Waals surface area contributed by atoms with Crippen molar-refractivity contribution in [3.05, 3.63) is 74.0 Å². The Morgan fingerprint density at radius 1 is 1.14 bits per heavy atom. The van der Waals surface area contributed by atoms with E-state index in [1.807, 2.05) is 11.1 Å². The minimum atomic E-state index is -0.837. The normalized spacial score (nSPS) is 15.4. The number of carbonyl (C=O) groups is 1. The maximum absolute atomic E-state index is 13.9. The highest BCUT2D eigenvalue weighted by Crippen LogP contribution is 2.22. The van der Waals surface area contributed by atoms with Gasteiger partial charge in [0.1, 0.15) is 35.7 Å². The van der Waals surface area contributed by atoms with Gasteiger partial charge in [-0.2, -0.15) is 5.26 Å². The van der Waals surface area contributed by atoms with E-state index < -0.39 is 29.1 Å². The van der Waals surface area contributed by atoms with Crippen LogP contribution in [0, 0.1) is 23.1 Å². The van der Waals surface area contributed by atoms with E-state index in [-0.39, 0.29) is 38.9 Å². The van der Waals surface area contributed by atoms with Crippen molar-refractivity contribution in [3.8, 4) is 11.9 Å². The Hall–Kier alpha value is -3.27. The quantitative estimate of drug-likeness (QED) is 0.464. The summed E-state index contributed by atoms with van der Waals surface area (Å²) in [4.78, 5) is 27.6. The molecule has 4 rings (SSSR count). The first-order valence-corrected chi connectivity index (χ1v) is 11.9. The van der Waals surface area contributed by atoms with Crippen molar-refractivity contribution in [3.63, 3.8) is 0 Å². The number of pyridine rings is 1. The highest BCUT2D eigenvalue weighted by atomic mass is 35.5. The Bertz CT molecular complexity index is 1440. The molecule has 0 unspecified atom stereocenters. The highest BCUT2D eigenvalue weighted by Gasteiger charge is 2.23. The van der Waals surface area contributed by atoms with Crippen LogP contribution >= 0.6 is 23.2 Å². The van der Waals surface area contributed by atoms with Crippen molar-refractivity contribution in [2.75, 3.05) is 39.3 Å². The number of benzene rings is 2. The molecule has 9 nitrogen and oxygen atoms in total. The summed E-state index contributed by atoms with van der Waals surface area (Å²) in [5, 5.41) is 20.9.